The second-order valence-corrected chi connectivity index (χ2v) is 5.37. The first kappa shape index (κ1) is 15.0. The molecule has 0 aromatic carbocycles. The summed E-state index contributed by atoms with van der Waals surface area (Å²) in [5.41, 5.74) is 0. The predicted octanol–water partition coefficient (Wildman–Crippen LogP) is 3.85. The van der Waals surface area contributed by atoms with Gasteiger partial charge in [-0.25, -0.2) is 0 Å². The number of hydrogen-bond donors (Lipinski definition) is 1. The minimum atomic E-state index is 0.684. The second-order valence-electron chi connectivity index (χ2n) is 3.98. The summed E-state index contributed by atoms with van der Waals surface area (Å²) in [7, 11) is 0. The van der Waals surface area contributed by atoms with E-state index in [1.54, 1.807) is 0 Å². The van der Waals surface area contributed by atoms with Crippen LogP contribution in [0, 0.1) is 0 Å². The van der Waals surface area contributed by atoms with Crippen molar-refractivity contribution < 1.29 is 0 Å². The molecule has 0 bridgehead atoms. The van der Waals surface area contributed by atoms with Crippen LogP contribution >= 0.6 is 11.8 Å². The minimum Gasteiger partial charge on any atom is -0.314 e. The van der Waals surface area contributed by atoms with E-state index in [0.29, 0.717) is 6.04 Å². The maximum absolute atomic E-state index is 3.73. The Balaban J connectivity index is 3.09. The molecular formula is C13H27NS. The van der Waals surface area contributed by atoms with Crippen LogP contribution in [-0.2, 0) is 0 Å². The van der Waals surface area contributed by atoms with E-state index in [0.717, 1.165) is 0 Å². The van der Waals surface area contributed by atoms with Gasteiger partial charge >= 0.3 is 0 Å². The molecule has 0 saturated carbocycles. The number of hydrogen-bond acceptors (Lipinski definition) is 2. The Kier molecular flexibility index (Phi) is 12.2. The van der Waals surface area contributed by atoms with Crippen LogP contribution in [-0.4, -0.2) is 24.1 Å². The molecule has 1 atom stereocenters. The lowest BCUT2D eigenvalue weighted by atomic mass is 10.2. The monoisotopic (exact) mass is 229 g/mol. The van der Waals surface area contributed by atoms with Crippen molar-refractivity contribution in [2.45, 2.75) is 52.0 Å². The summed E-state index contributed by atoms with van der Waals surface area (Å²) in [6, 6.07) is 0.684. The minimum absolute atomic E-state index is 0.684. The summed E-state index contributed by atoms with van der Waals surface area (Å²) < 4.78 is 0. The Morgan fingerprint density at radius 2 is 2.13 bits per heavy atom. The lowest BCUT2D eigenvalue weighted by Crippen LogP contribution is -2.27. The van der Waals surface area contributed by atoms with Gasteiger partial charge in [-0.15, -0.1) is 6.58 Å². The van der Waals surface area contributed by atoms with E-state index >= 15 is 0 Å². The molecule has 2 heteroatoms. The number of rotatable bonds is 11. The van der Waals surface area contributed by atoms with E-state index < -0.39 is 0 Å². The normalized spacial score (nSPS) is 12.7. The van der Waals surface area contributed by atoms with E-state index in [-0.39, 0.29) is 0 Å². The molecule has 0 aliphatic rings. The Bertz CT molecular complexity index is 136. The number of thioether (sulfide) groups is 1. The van der Waals surface area contributed by atoms with Gasteiger partial charge in [-0.2, -0.15) is 11.8 Å². The molecule has 1 N–H and O–H groups in total. The molecule has 0 rings (SSSR count). The third kappa shape index (κ3) is 12.0. The van der Waals surface area contributed by atoms with Gasteiger partial charge in [0.05, 0.1) is 0 Å². The molecule has 0 aliphatic heterocycles. The van der Waals surface area contributed by atoms with Crippen molar-refractivity contribution >= 4 is 11.8 Å². The van der Waals surface area contributed by atoms with Crippen LogP contribution in [0.25, 0.3) is 0 Å². The lowest BCUT2D eigenvalue weighted by Gasteiger charge is -2.12. The van der Waals surface area contributed by atoms with Gasteiger partial charge < -0.3 is 5.32 Å². The highest BCUT2D eigenvalue weighted by molar-refractivity contribution is 7.99. The van der Waals surface area contributed by atoms with Crippen LogP contribution in [0.5, 0.6) is 0 Å². The molecule has 0 spiro atoms. The van der Waals surface area contributed by atoms with Gasteiger partial charge in [-0.3, -0.25) is 0 Å². The van der Waals surface area contributed by atoms with Crippen molar-refractivity contribution in [2.75, 3.05) is 18.1 Å². The van der Waals surface area contributed by atoms with Gasteiger partial charge in [0.25, 0.3) is 0 Å². The fraction of sp³-hybridized carbons (Fsp3) is 0.846. The van der Waals surface area contributed by atoms with Crippen LogP contribution in [0.2, 0.25) is 0 Å². The van der Waals surface area contributed by atoms with Gasteiger partial charge in [0, 0.05) is 6.04 Å². The third-order valence-corrected chi connectivity index (χ3v) is 3.41. The molecule has 0 aromatic heterocycles. The van der Waals surface area contributed by atoms with E-state index in [1.807, 2.05) is 17.8 Å². The van der Waals surface area contributed by atoms with Gasteiger partial charge in [0.2, 0.25) is 0 Å². The molecule has 90 valence electrons. The summed E-state index contributed by atoms with van der Waals surface area (Å²) >= 11 is 2.04. The van der Waals surface area contributed by atoms with Crippen LogP contribution in [0.15, 0.2) is 12.7 Å². The fourth-order valence-corrected chi connectivity index (χ4v) is 2.25. The average molecular weight is 229 g/mol. The zero-order chi connectivity index (χ0) is 11.4. The predicted molar refractivity (Wildman–Crippen MR) is 73.7 cm³/mol. The standard InChI is InChI=1S/C13H27NS/c1-4-6-7-8-9-11-14-13(3)10-12-15-5-2/h4,13-14H,1,5-12H2,2-3H3. The van der Waals surface area contributed by atoms with Gasteiger partial charge in [-0.1, -0.05) is 19.4 Å². The van der Waals surface area contributed by atoms with Crippen LogP contribution in [0.1, 0.15) is 46.0 Å². The fourth-order valence-electron chi connectivity index (χ4n) is 1.45. The molecule has 15 heavy (non-hydrogen) atoms. The van der Waals surface area contributed by atoms with E-state index in [9.17, 15) is 0 Å². The first-order valence-electron chi connectivity index (χ1n) is 6.23. The van der Waals surface area contributed by atoms with E-state index in [1.165, 1.54) is 50.2 Å². The molecule has 0 fully saturated rings. The van der Waals surface area contributed by atoms with Crippen molar-refractivity contribution in [2.24, 2.45) is 0 Å². The first-order valence-corrected chi connectivity index (χ1v) is 7.38. The molecular weight excluding hydrogens is 202 g/mol. The molecule has 0 heterocycles. The highest BCUT2D eigenvalue weighted by Crippen LogP contribution is 2.04. The van der Waals surface area contributed by atoms with E-state index in [4.69, 9.17) is 0 Å². The maximum atomic E-state index is 3.73. The number of allylic oxidation sites excluding steroid dienone is 1. The average Bonchev–Trinajstić information content (AvgIpc) is 2.23. The maximum Gasteiger partial charge on any atom is 0.00465 e. The second kappa shape index (κ2) is 12.1. The topological polar surface area (TPSA) is 12.0 Å². The zero-order valence-corrected chi connectivity index (χ0v) is 11.2. The Labute approximate surface area is 100 Å². The van der Waals surface area contributed by atoms with Crippen molar-refractivity contribution in [1.82, 2.24) is 5.32 Å². The van der Waals surface area contributed by atoms with Gasteiger partial charge in [0.1, 0.15) is 0 Å². The number of unbranched alkanes of at least 4 members (excludes halogenated alkanes) is 3. The van der Waals surface area contributed by atoms with Gasteiger partial charge in [0.15, 0.2) is 0 Å². The number of nitrogens with one attached hydrogen (secondary N) is 1. The Hall–Kier alpha value is 0.0500. The lowest BCUT2D eigenvalue weighted by molar-refractivity contribution is 0.514. The van der Waals surface area contributed by atoms with Crippen LogP contribution in [0.4, 0.5) is 0 Å². The molecule has 1 unspecified atom stereocenters. The Morgan fingerprint density at radius 1 is 1.33 bits per heavy atom. The molecule has 0 saturated heterocycles. The van der Waals surface area contributed by atoms with Gasteiger partial charge in [-0.05, 0) is 50.7 Å². The van der Waals surface area contributed by atoms with Crippen molar-refractivity contribution in [3.8, 4) is 0 Å². The molecule has 1 nitrogen and oxygen atoms in total. The summed E-state index contributed by atoms with van der Waals surface area (Å²) in [5, 5.41) is 3.58. The molecule has 0 aliphatic carbocycles. The summed E-state index contributed by atoms with van der Waals surface area (Å²) in [6.45, 7) is 9.42. The van der Waals surface area contributed by atoms with Crippen molar-refractivity contribution in [1.29, 1.82) is 0 Å². The zero-order valence-electron chi connectivity index (χ0n) is 10.4. The smallest absolute Gasteiger partial charge is 0.00465 e. The summed E-state index contributed by atoms with van der Waals surface area (Å²) in [5.74, 6) is 2.54. The molecule has 0 aromatic rings. The van der Waals surface area contributed by atoms with Crippen molar-refractivity contribution in [3.05, 3.63) is 12.7 Å². The molecule has 0 amide bonds. The third-order valence-electron chi connectivity index (χ3n) is 2.48. The quantitative estimate of drug-likeness (QED) is 0.426. The first-order chi connectivity index (χ1) is 7.31. The summed E-state index contributed by atoms with van der Waals surface area (Å²) in [6.07, 6.45) is 8.41. The van der Waals surface area contributed by atoms with E-state index in [2.05, 4.69) is 25.7 Å². The summed E-state index contributed by atoms with van der Waals surface area (Å²) in [4.78, 5) is 0. The molecule has 0 radical (unpaired) electrons. The largest absolute Gasteiger partial charge is 0.314 e. The van der Waals surface area contributed by atoms with Crippen LogP contribution in [0.3, 0.4) is 0 Å². The SMILES string of the molecule is C=CCCCCCNC(C)CCSCC. The van der Waals surface area contributed by atoms with Crippen LogP contribution < -0.4 is 5.32 Å². The highest BCUT2D eigenvalue weighted by Gasteiger charge is 1.99. The Morgan fingerprint density at radius 3 is 2.80 bits per heavy atom. The van der Waals surface area contributed by atoms with Crippen molar-refractivity contribution in [3.63, 3.8) is 0 Å². The highest BCUT2D eigenvalue weighted by atomic mass is 32.2.